The van der Waals surface area contributed by atoms with Gasteiger partial charge in [0, 0.05) is 25.8 Å². The molecule has 1 aliphatic rings. The summed E-state index contributed by atoms with van der Waals surface area (Å²) in [7, 11) is 0. The average Bonchev–Trinajstić information content (AvgIpc) is 2.40. The fraction of sp³-hybridized carbons (Fsp3) is 0.600. The minimum Gasteiger partial charge on any atom is -0.444 e. The molecule has 6 heteroatoms. The Hall–Kier alpha value is -1.14. The number of ether oxygens (including phenoxy) is 1. The Morgan fingerprint density at radius 3 is 2.90 bits per heavy atom. The van der Waals surface area contributed by atoms with Crippen LogP contribution in [0, 0.1) is 0 Å². The van der Waals surface area contributed by atoms with Crippen molar-refractivity contribution >= 4 is 22.0 Å². The van der Waals surface area contributed by atoms with E-state index in [4.69, 9.17) is 4.74 Å². The van der Waals surface area contributed by atoms with Gasteiger partial charge in [-0.3, -0.25) is 0 Å². The molecular weight excluding hydrogens is 334 g/mol. The van der Waals surface area contributed by atoms with Gasteiger partial charge < -0.3 is 15.0 Å². The SMILES string of the molecule is CC(C)(C)OC(=O)N1CCNCC1Cc1ccc(Br)nc1. The Morgan fingerprint density at radius 2 is 2.29 bits per heavy atom. The first-order chi connectivity index (χ1) is 9.85. The molecule has 1 amide bonds. The largest absolute Gasteiger partial charge is 0.444 e. The number of carbonyl (C=O) groups excluding carboxylic acids is 1. The highest BCUT2D eigenvalue weighted by molar-refractivity contribution is 9.10. The molecule has 0 bridgehead atoms. The van der Waals surface area contributed by atoms with Crippen molar-refractivity contribution in [3.8, 4) is 0 Å². The molecule has 1 saturated heterocycles. The average molecular weight is 356 g/mol. The lowest BCUT2D eigenvalue weighted by Crippen LogP contribution is -2.55. The number of nitrogens with zero attached hydrogens (tertiary/aromatic N) is 2. The topological polar surface area (TPSA) is 54.5 Å². The monoisotopic (exact) mass is 355 g/mol. The number of rotatable bonds is 2. The maximum absolute atomic E-state index is 12.3. The Kier molecular flexibility index (Phi) is 5.22. The molecule has 5 nitrogen and oxygen atoms in total. The van der Waals surface area contributed by atoms with Crippen LogP contribution in [-0.2, 0) is 11.2 Å². The van der Waals surface area contributed by atoms with Crippen LogP contribution in [0.25, 0.3) is 0 Å². The second-order valence-electron chi connectivity index (χ2n) is 6.22. The zero-order valence-corrected chi connectivity index (χ0v) is 14.3. The highest BCUT2D eigenvalue weighted by atomic mass is 79.9. The molecule has 0 aliphatic carbocycles. The molecule has 116 valence electrons. The van der Waals surface area contributed by atoms with Gasteiger partial charge in [-0.25, -0.2) is 9.78 Å². The first kappa shape index (κ1) is 16.2. The number of hydrogen-bond donors (Lipinski definition) is 1. The van der Waals surface area contributed by atoms with E-state index in [2.05, 4.69) is 26.2 Å². The van der Waals surface area contributed by atoms with Crippen LogP contribution in [-0.4, -0.2) is 47.3 Å². The molecule has 1 unspecified atom stereocenters. The summed E-state index contributed by atoms with van der Waals surface area (Å²) in [6.45, 7) is 7.91. The molecule has 1 atom stereocenters. The number of amides is 1. The van der Waals surface area contributed by atoms with Gasteiger partial charge in [0.1, 0.15) is 10.2 Å². The fourth-order valence-corrected chi connectivity index (χ4v) is 2.54. The third-order valence-corrected chi connectivity index (χ3v) is 3.71. The predicted molar refractivity (Wildman–Crippen MR) is 85.2 cm³/mol. The zero-order chi connectivity index (χ0) is 15.5. The predicted octanol–water partition coefficient (Wildman–Crippen LogP) is 2.60. The summed E-state index contributed by atoms with van der Waals surface area (Å²) in [5.74, 6) is 0. The molecule has 1 fully saturated rings. The molecular formula is C15H22BrN3O2. The van der Waals surface area contributed by atoms with Crippen molar-refractivity contribution in [1.29, 1.82) is 0 Å². The number of nitrogens with one attached hydrogen (secondary N) is 1. The van der Waals surface area contributed by atoms with Gasteiger partial charge in [-0.1, -0.05) is 6.07 Å². The molecule has 2 heterocycles. The third-order valence-electron chi connectivity index (χ3n) is 3.24. The van der Waals surface area contributed by atoms with Crippen LogP contribution in [0.1, 0.15) is 26.3 Å². The van der Waals surface area contributed by atoms with Gasteiger partial charge in [0.15, 0.2) is 0 Å². The van der Waals surface area contributed by atoms with Crippen molar-refractivity contribution < 1.29 is 9.53 Å². The standard InChI is InChI=1S/C15H22BrN3O2/c1-15(2,3)21-14(20)19-7-6-17-10-12(19)8-11-4-5-13(16)18-9-11/h4-5,9,12,17H,6-8,10H2,1-3H3. The second-order valence-corrected chi connectivity index (χ2v) is 7.04. The number of carbonyl (C=O) groups is 1. The second kappa shape index (κ2) is 6.75. The highest BCUT2D eigenvalue weighted by Crippen LogP contribution is 2.16. The summed E-state index contributed by atoms with van der Waals surface area (Å²) in [6, 6.07) is 4.04. The third kappa shape index (κ3) is 4.97. The number of pyridine rings is 1. The summed E-state index contributed by atoms with van der Waals surface area (Å²) in [5.41, 5.74) is 0.645. The number of halogens is 1. The Labute approximate surface area is 134 Å². The maximum atomic E-state index is 12.3. The molecule has 1 aliphatic heterocycles. The van der Waals surface area contributed by atoms with Crippen LogP contribution in [0.3, 0.4) is 0 Å². The van der Waals surface area contributed by atoms with Crippen LogP contribution >= 0.6 is 15.9 Å². The van der Waals surface area contributed by atoms with Gasteiger partial charge in [0.05, 0.1) is 6.04 Å². The van der Waals surface area contributed by atoms with E-state index in [1.54, 1.807) is 0 Å². The lowest BCUT2D eigenvalue weighted by atomic mass is 10.0. The molecule has 0 saturated carbocycles. The first-order valence-electron chi connectivity index (χ1n) is 7.16. The van der Waals surface area contributed by atoms with Crippen molar-refractivity contribution in [1.82, 2.24) is 15.2 Å². The smallest absolute Gasteiger partial charge is 0.410 e. The van der Waals surface area contributed by atoms with E-state index >= 15 is 0 Å². The Balaban J connectivity index is 2.04. The lowest BCUT2D eigenvalue weighted by Gasteiger charge is -2.37. The first-order valence-corrected chi connectivity index (χ1v) is 7.95. The van der Waals surface area contributed by atoms with E-state index in [0.29, 0.717) is 6.54 Å². The van der Waals surface area contributed by atoms with Gasteiger partial charge in [0.2, 0.25) is 0 Å². The number of piperazine rings is 1. The van der Waals surface area contributed by atoms with Gasteiger partial charge in [-0.2, -0.15) is 0 Å². The summed E-state index contributed by atoms with van der Waals surface area (Å²) in [4.78, 5) is 18.4. The van der Waals surface area contributed by atoms with Gasteiger partial charge in [-0.05, 0) is 54.8 Å². The van der Waals surface area contributed by atoms with Gasteiger partial charge in [0.25, 0.3) is 0 Å². The summed E-state index contributed by atoms with van der Waals surface area (Å²) in [5, 5.41) is 3.34. The van der Waals surface area contributed by atoms with Crippen molar-refractivity contribution in [3.63, 3.8) is 0 Å². The zero-order valence-electron chi connectivity index (χ0n) is 12.7. The van der Waals surface area contributed by atoms with Gasteiger partial charge >= 0.3 is 6.09 Å². The number of aromatic nitrogens is 1. The van der Waals surface area contributed by atoms with Crippen LogP contribution < -0.4 is 5.32 Å². The molecule has 1 aromatic rings. The van der Waals surface area contributed by atoms with E-state index < -0.39 is 5.60 Å². The Bertz CT molecular complexity index is 485. The highest BCUT2D eigenvalue weighted by Gasteiger charge is 2.30. The van der Waals surface area contributed by atoms with Crippen molar-refractivity contribution in [2.24, 2.45) is 0 Å². The van der Waals surface area contributed by atoms with Gasteiger partial charge in [-0.15, -0.1) is 0 Å². The number of hydrogen-bond acceptors (Lipinski definition) is 4. The van der Waals surface area contributed by atoms with E-state index in [1.807, 2.05) is 44.0 Å². The summed E-state index contributed by atoms with van der Waals surface area (Å²) in [6.07, 6.45) is 2.37. The maximum Gasteiger partial charge on any atom is 0.410 e. The van der Waals surface area contributed by atoms with Crippen LogP contribution in [0.2, 0.25) is 0 Å². The van der Waals surface area contributed by atoms with Crippen molar-refractivity contribution in [2.75, 3.05) is 19.6 Å². The van der Waals surface area contributed by atoms with Crippen LogP contribution in [0.5, 0.6) is 0 Å². The molecule has 1 N–H and O–H groups in total. The molecule has 2 rings (SSSR count). The quantitative estimate of drug-likeness (QED) is 0.828. The lowest BCUT2D eigenvalue weighted by molar-refractivity contribution is 0.0122. The minimum absolute atomic E-state index is 0.0941. The van der Waals surface area contributed by atoms with Crippen molar-refractivity contribution in [2.45, 2.75) is 38.8 Å². The van der Waals surface area contributed by atoms with Crippen molar-refractivity contribution in [3.05, 3.63) is 28.5 Å². The van der Waals surface area contributed by atoms with E-state index in [1.165, 1.54) is 0 Å². The molecule has 1 aromatic heterocycles. The molecule has 0 spiro atoms. The van der Waals surface area contributed by atoms with Crippen LogP contribution in [0.4, 0.5) is 4.79 Å². The van der Waals surface area contributed by atoms with Crippen LogP contribution in [0.15, 0.2) is 22.9 Å². The van der Waals surface area contributed by atoms with E-state index in [9.17, 15) is 4.79 Å². The molecule has 0 aromatic carbocycles. The minimum atomic E-state index is -0.467. The molecule has 21 heavy (non-hydrogen) atoms. The van der Waals surface area contributed by atoms with E-state index in [-0.39, 0.29) is 12.1 Å². The summed E-state index contributed by atoms with van der Waals surface area (Å²) >= 11 is 3.33. The normalized spacial score (nSPS) is 19.4. The van der Waals surface area contributed by atoms with E-state index in [0.717, 1.165) is 29.7 Å². The Morgan fingerprint density at radius 1 is 1.52 bits per heavy atom. The summed E-state index contributed by atoms with van der Waals surface area (Å²) < 4.78 is 6.32. The fourth-order valence-electron chi connectivity index (χ4n) is 2.30. The molecule has 0 radical (unpaired) electrons.